The van der Waals surface area contributed by atoms with E-state index in [1.165, 1.54) is 4.90 Å². The predicted molar refractivity (Wildman–Crippen MR) is 67.9 cm³/mol. The van der Waals surface area contributed by atoms with Gasteiger partial charge in [0.15, 0.2) is 0 Å². The van der Waals surface area contributed by atoms with E-state index in [9.17, 15) is 19.8 Å². The van der Waals surface area contributed by atoms with Crippen LogP contribution >= 0.6 is 11.8 Å². The molecule has 0 aromatic rings. The van der Waals surface area contributed by atoms with Crippen molar-refractivity contribution in [2.75, 3.05) is 11.5 Å². The van der Waals surface area contributed by atoms with Crippen molar-refractivity contribution < 1.29 is 49.4 Å². The Morgan fingerprint density at radius 1 is 1.60 bits per heavy atom. The molecule has 3 rings (SSSR count). The van der Waals surface area contributed by atoms with Crippen molar-refractivity contribution in [2.24, 2.45) is 5.92 Å². The number of carbonyl (C=O) groups excluding carboxylic acids is 2. The van der Waals surface area contributed by atoms with Gasteiger partial charge in [0, 0.05) is 11.5 Å². The van der Waals surface area contributed by atoms with Crippen LogP contribution in [0.15, 0.2) is 22.9 Å². The summed E-state index contributed by atoms with van der Waals surface area (Å²) in [6, 6.07) is -0.220. The van der Waals surface area contributed by atoms with E-state index < -0.39 is 18.0 Å². The largest absolute Gasteiger partial charge is 1.00 e. The maximum atomic E-state index is 12.0. The van der Waals surface area contributed by atoms with Crippen molar-refractivity contribution in [1.82, 2.24) is 4.90 Å². The summed E-state index contributed by atoms with van der Waals surface area (Å²) in [5.41, 5.74) is 1.72. The number of hydrogen-bond acceptors (Lipinski definition) is 5. The minimum absolute atomic E-state index is 0. The second-order valence-corrected chi connectivity index (χ2v) is 6.14. The second-order valence-electron chi connectivity index (χ2n) is 5.11. The second kappa shape index (κ2) is 5.85. The third-order valence-corrected chi connectivity index (χ3v) is 4.93. The standard InChI is InChI=1S/C13H15NO4S.Na/c1-6(15)10-9-4-8(7-2-3-19-5-7)11(13(17)18)14(9)12(10)16;/h2,6,9-10,15H,3-5H2,1H3,(H,17,18);/q;+1/p-1/t6-,9-,10-;/m1./s1. The monoisotopic (exact) mass is 303 g/mol. The first-order valence-corrected chi connectivity index (χ1v) is 7.40. The molecule has 3 atom stereocenters. The first kappa shape index (κ1) is 16.1. The van der Waals surface area contributed by atoms with Gasteiger partial charge in [0.1, 0.15) is 0 Å². The molecule has 1 fully saturated rings. The van der Waals surface area contributed by atoms with Gasteiger partial charge in [-0.2, -0.15) is 11.8 Å². The summed E-state index contributed by atoms with van der Waals surface area (Å²) >= 11 is 1.72. The summed E-state index contributed by atoms with van der Waals surface area (Å²) in [6.07, 6.45) is 1.77. The van der Waals surface area contributed by atoms with Gasteiger partial charge in [-0.15, -0.1) is 0 Å². The number of carbonyl (C=O) groups is 2. The first-order valence-electron chi connectivity index (χ1n) is 6.25. The fourth-order valence-corrected chi connectivity index (χ4v) is 4.09. The van der Waals surface area contributed by atoms with Crippen molar-refractivity contribution in [3.05, 3.63) is 22.9 Å². The molecule has 1 saturated heterocycles. The fourth-order valence-electron chi connectivity index (χ4n) is 3.14. The van der Waals surface area contributed by atoms with Crippen LogP contribution in [0.5, 0.6) is 0 Å². The Balaban J connectivity index is 0.00000147. The normalized spacial score (nSPS) is 29.6. The van der Waals surface area contributed by atoms with Gasteiger partial charge in [0.2, 0.25) is 5.91 Å². The Kier molecular flexibility index (Phi) is 4.71. The molecule has 5 nitrogen and oxygen atoms in total. The number of rotatable bonds is 3. The summed E-state index contributed by atoms with van der Waals surface area (Å²) in [5, 5.41) is 20.9. The molecular weight excluding hydrogens is 289 g/mol. The van der Waals surface area contributed by atoms with E-state index in [2.05, 4.69) is 0 Å². The molecule has 0 radical (unpaired) electrons. The molecule has 3 aliphatic rings. The number of aliphatic carboxylic acids is 1. The molecule has 1 N–H and O–H groups in total. The molecule has 0 aliphatic carbocycles. The Labute approximate surface area is 143 Å². The van der Waals surface area contributed by atoms with Gasteiger partial charge in [-0.25, -0.2) is 0 Å². The van der Waals surface area contributed by atoms with Gasteiger partial charge in [-0.05, 0) is 24.5 Å². The van der Waals surface area contributed by atoms with E-state index in [1.54, 1.807) is 18.7 Å². The molecule has 0 spiro atoms. The maximum absolute atomic E-state index is 12.0. The van der Waals surface area contributed by atoms with Crippen LogP contribution in [-0.2, 0) is 9.59 Å². The van der Waals surface area contributed by atoms with E-state index in [1.807, 2.05) is 6.08 Å². The molecule has 20 heavy (non-hydrogen) atoms. The van der Waals surface area contributed by atoms with E-state index in [4.69, 9.17) is 0 Å². The van der Waals surface area contributed by atoms with E-state index in [0.29, 0.717) is 12.0 Å². The number of carboxylic acid groups (broad SMARTS) is 1. The van der Waals surface area contributed by atoms with Gasteiger partial charge in [0.25, 0.3) is 0 Å². The third kappa shape index (κ3) is 2.27. The molecular formula is C13H14NNaO4S. The van der Waals surface area contributed by atoms with Gasteiger partial charge < -0.3 is 19.9 Å². The number of β-lactam (4-membered cyclic amide) rings is 1. The van der Waals surface area contributed by atoms with Crippen LogP contribution in [0.1, 0.15) is 13.3 Å². The topological polar surface area (TPSA) is 80.7 Å². The van der Waals surface area contributed by atoms with Crippen molar-refractivity contribution in [3.8, 4) is 0 Å². The van der Waals surface area contributed by atoms with Crippen molar-refractivity contribution in [2.45, 2.75) is 25.5 Å². The van der Waals surface area contributed by atoms with Crippen molar-refractivity contribution in [1.29, 1.82) is 0 Å². The minimum atomic E-state index is -1.30. The molecule has 7 heteroatoms. The Bertz CT molecular complexity index is 528. The van der Waals surface area contributed by atoms with Crippen LogP contribution in [0.3, 0.4) is 0 Å². The number of hydrogen-bond donors (Lipinski definition) is 1. The average Bonchev–Trinajstić information content (AvgIpc) is 2.92. The number of carboxylic acids is 1. The van der Waals surface area contributed by atoms with Crippen LogP contribution in [-0.4, -0.2) is 45.5 Å². The molecule has 0 saturated carbocycles. The van der Waals surface area contributed by atoms with Crippen LogP contribution in [0, 0.1) is 5.92 Å². The zero-order valence-corrected chi connectivity index (χ0v) is 14.3. The number of nitrogens with zero attached hydrogens (tertiary/aromatic N) is 1. The van der Waals surface area contributed by atoms with Crippen molar-refractivity contribution >= 4 is 23.6 Å². The number of aliphatic hydroxyl groups excluding tert-OH is 1. The zero-order valence-electron chi connectivity index (χ0n) is 11.5. The molecule has 0 unspecified atom stereocenters. The molecule has 0 bridgehead atoms. The van der Waals surface area contributed by atoms with Crippen LogP contribution in [0.4, 0.5) is 0 Å². The van der Waals surface area contributed by atoms with Gasteiger partial charge >= 0.3 is 29.6 Å². The molecule has 3 aliphatic heterocycles. The van der Waals surface area contributed by atoms with Gasteiger partial charge in [-0.3, -0.25) is 4.79 Å². The minimum Gasteiger partial charge on any atom is -0.543 e. The quantitative estimate of drug-likeness (QED) is 0.428. The van der Waals surface area contributed by atoms with Gasteiger partial charge in [0.05, 0.1) is 29.7 Å². The predicted octanol–water partition coefficient (Wildman–Crippen LogP) is -3.72. The summed E-state index contributed by atoms with van der Waals surface area (Å²) in [4.78, 5) is 24.6. The van der Waals surface area contributed by atoms with E-state index in [0.717, 1.165) is 17.1 Å². The number of amides is 1. The molecule has 0 aromatic carbocycles. The number of thioether (sulfide) groups is 1. The van der Waals surface area contributed by atoms with Crippen molar-refractivity contribution in [3.63, 3.8) is 0 Å². The summed E-state index contributed by atoms with van der Waals surface area (Å²) in [5.74, 6) is -0.438. The average molecular weight is 303 g/mol. The first-order chi connectivity index (χ1) is 9.02. The number of aliphatic hydroxyl groups is 1. The molecule has 1 amide bonds. The van der Waals surface area contributed by atoms with Crippen LogP contribution in [0.25, 0.3) is 0 Å². The summed E-state index contributed by atoms with van der Waals surface area (Å²) in [7, 11) is 0. The van der Waals surface area contributed by atoms with Gasteiger partial charge in [-0.1, -0.05) is 6.08 Å². The Hall–Kier alpha value is -0.270. The molecule has 3 heterocycles. The van der Waals surface area contributed by atoms with Crippen LogP contribution in [0.2, 0.25) is 0 Å². The van der Waals surface area contributed by atoms with Crippen LogP contribution < -0.4 is 34.7 Å². The third-order valence-electron chi connectivity index (χ3n) is 4.01. The van der Waals surface area contributed by atoms with E-state index >= 15 is 0 Å². The fraction of sp³-hybridized carbons (Fsp3) is 0.538. The molecule has 102 valence electrons. The smallest absolute Gasteiger partial charge is 0.543 e. The SMILES string of the molecule is C[C@@H](O)[C@H]1C(=O)N2C(C(=O)[O-])=C(C3=CCSC3)C[C@H]12.[Na+]. The zero-order chi connectivity index (χ0) is 13.7. The summed E-state index contributed by atoms with van der Waals surface area (Å²) < 4.78 is 0. The Morgan fingerprint density at radius 3 is 2.80 bits per heavy atom. The molecule has 0 aromatic heterocycles. The maximum Gasteiger partial charge on any atom is 1.00 e. The van der Waals surface area contributed by atoms with E-state index in [-0.39, 0.29) is 47.2 Å². The number of fused-ring (bicyclic) bond motifs is 1. The summed E-state index contributed by atoms with van der Waals surface area (Å²) in [6.45, 7) is 1.57. The Morgan fingerprint density at radius 2 is 2.30 bits per heavy atom.